The van der Waals surface area contributed by atoms with Crippen LogP contribution in [-0.4, -0.2) is 11.0 Å². The van der Waals surface area contributed by atoms with E-state index in [1.807, 2.05) is 44.2 Å². The molecule has 2 aromatic carbocycles. The number of rotatable bonds is 3. The first-order valence-corrected chi connectivity index (χ1v) is 6.38. The second-order valence-corrected chi connectivity index (χ2v) is 4.65. The van der Waals surface area contributed by atoms with Crippen molar-refractivity contribution in [3.05, 3.63) is 64.2 Å². The van der Waals surface area contributed by atoms with Crippen molar-refractivity contribution in [1.29, 1.82) is 0 Å². The zero-order valence-electron chi connectivity index (χ0n) is 11.8. The van der Waals surface area contributed by atoms with Gasteiger partial charge in [0.1, 0.15) is 0 Å². The zero-order chi connectivity index (χ0) is 14.5. The minimum atomic E-state index is 0.767. The molecule has 0 unspecified atom stereocenters. The maximum Gasteiger partial charge on any atom is 0.288 e. The SMILES string of the molecule is Cc1cccc(N=Nc2cccc(C=[N+]=[N-])c2C)c1C. The predicted octanol–water partition coefficient (Wildman–Crippen LogP) is 4.68. The smallest absolute Gasteiger partial charge is 0.288 e. The summed E-state index contributed by atoms with van der Waals surface area (Å²) in [7, 11) is 0. The number of azo groups is 1. The molecule has 100 valence electrons. The summed E-state index contributed by atoms with van der Waals surface area (Å²) < 4.78 is 0. The highest BCUT2D eigenvalue weighted by molar-refractivity contribution is 5.80. The number of nitrogens with zero attached hydrogens (tertiary/aromatic N) is 4. The van der Waals surface area contributed by atoms with Gasteiger partial charge >= 0.3 is 0 Å². The fourth-order valence-electron chi connectivity index (χ4n) is 1.90. The first kappa shape index (κ1) is 13.8. The Labute approximate surface area is 118 Å². The van der Waals surface area contributed by atoms with Gasteiger partial charge < -0.3 is 5.53 Å². The third-order valence-electron chi connectivity index (χ3n) is 3.39. The van der Waals surface area contributed by atoms with Crippen molar-refractivity contribution in [2.45, 2.75) is 20.8 Å². The normalized spacial score (nSPS) is 10.6. The quantitative estimate of drug-likeness (QED) is 0.439. The van der Waals surface area contributed by atoms with Crippen molar-refractivity contribution in [1.82, 2.24) is 0 Å². The number of hydrogen-bond donors (Lipinski definition) is 0. The molecule has 0 bridgehead atoms. The lowest BCUT2D eigenvalue weighted by Crippen LogP contribution is -1.87. The Morgan fingerprint density at radius 2 is 1.50 bits per heavy atom. The van der Waals surface area contributed by atoms with Crippen LogP contribution in [0.3, 0.4) is 0 Å². The van der Waals surface area contributed by atoms with Gasteiger partial charge in [0.2, 0.25) is 0 Å². The number of hydrogen-bond acceptors (Lipinski definition) is 2. The molecule has 0 spiro atoms. The van der Waals surface area contributed by atoms with Gasteiger partial charge in [-0.25, -0.2) is 0 Å². The molecule has 0 atom stereocenters. The molecule has 0 fully saturated rings. The highest BCUT2D eigenvalue weighted by Gasteiger charge is 2.04. The lowest BCUT2D eigenvalue weighted by molar-refractivity contribution is 0.00453. The Balaban J connectivity index is 2.39. The standard InChI is InChI=1S/C16H16N4/c1-11-6-4-8-15(12(11)2)19-20-16-9-5-7-14(10-18-17)13(16)3/h4-10H,1-3H3. The van der Waals surface area contributed by atoms with Crippen LogP contribution in [0.15, 0.2) is 46.6 Å². The highest BCUT2D eigenvalue weighted by atomic mass is 15.1. The fraction of sp³-hybridized carbons (Fsp3) is 0.188. The van der Waals surface area contributed by atoms with Gasteiger partial charge in [-0.3, -0.25) is 0 Å². The van der Waals surface area contributed by atoms with Gasteiger partial charge in [0.15, 0.2) is 0 Å². The van der Waals surface area contributed by atoms with E-state index in [2.05, 4.69) is 28.0 Å². The summed E-state index contributed by atoms with van der Waals surface area (Å²) >= 11 is 0. The van der Waals surface area contributed by atoms with Gasteiger partial charge in [0.05, 0.1) is 16.9 Å². The van der Waals surface area contributed by atoms with Crippen molar-refractivity contribution in [2.24, 2.45) is 10.2 Å². The maximum absolute atomic E-state index is 8.63. The van der Waals surface area contributed by atoms with Crippen LogP contribution in [0.1, 0.15) is 22.3 Å². The van der Waals surface area contributed by atoms with Gasteiger partial charge in [0.25, 0.3) is 6.21 Å². The Kier molecular flexibility index (Phi) is 4.18. The first-order valence-electron chi connectivity index (χ1n) is 6.38. The molecule has 0 heterocycles. The molecule has 0 saturated heterocycles. The van der Waals surface area contributed by atoms with E-state index in [0.717, 1.165) is 28.1 Å². The summed E-state index contributed by atoms with van der Waals surface area (Å²) in [4.78, 5) is 3.05. The van der Waals surface area contributed by atoms with E-state index >= 15 is 0 Å². The largest absolute Gasteiger partial charge is 0.361 e. The molecule has 0 saturated carbocycles. The van der Waals surface area contributed by atoms with Crippen LogP contribution in [0.4, 0.5) is 11.4 Å². The van der Waals surface area contributed by atoms with Crippen molar-refractivity contribution >= 4 is 17.6 Å². The third kappa shape index (κ3) is 2.87. The van der Waals surface area contributed by atoms with Crippen LogP contribution in [0.25, 0.3) is 5.53 Å². The van der Waals surface area contributed by atoms with Gasteiger partial charge in [-0.1, -0.05) is 18.2 Å². The molecule has 0 radical (unpaired) electrons. The second-order valence-electron chi connectivity index (χ2n) is 4.65. The summed E-state index contributed by atoms with van der Waals surface area (Å²) in [5, 5.41) is 8.62. The zero-order valence-corrected chi connectivity index (χ0v) is 11.8. The Bertz CT molecular complexity index is 710. The van der Waals surface area contributed by atoms with Gasteiger partial charge in [-0.2, -0.15) is 15.0 Å². The van der Waals surface area contributed by atoms with E-state index in [1.54, 1.807) is 0 Å². The molecule has 0 aliphatic heterocycles. The Morgan fingerprint density at radius 1 is 0.900 bits per heavy atom. The second kappa shape index (κ2) is 6.04. The highest BCUT2D eigenvalue weighted by Crippen LogP contribution is 2.26. The van der Waals surface area contributed by atoms with Crippen molar-refractivity contribution in [2.75, 3.05) is 0 Å². The molecule has 0 aromatic heterocycles. The molecule has 4 nitrogen and oxygen atoms in total. The van der Waals surface area contributed by atoms with Crippen molar-refractivity contribution in [3.63, 3.8) is 0 Å². The summed E-state index contributed by atoms with van der Waals surface area (Å²) in [6.45, 7) is 6.01. The lowest BCUT2D eigenvalue weighted by Gasteiger charge is -2.03. The average molecular weight is 264 g/mol. The van der Waals surface area contributed by atoms with Gasteiger partial charge in [-0.05, 0) is 55.7 Å². The van der Waals surface area contributed by atoms with Crippen LogP contribution in [0.5, 0.6) is 0 Å². The summed E-state index contributed by atoms with van der Waals surface area (Å²) in [6.07, 6.45) is 1.40. The number of aryl methyl sites for hydroxylation is 1. The summed E-state index contributed by atoms with van der Waals surface area (Å²) in [5.41, 5.74) is 14.3. The molecule has 0 aliphatic carbocycles. The fourth-order valence-corrected chi connectivity index (χ4v) is 1.90. The molecule has 0 aliphatic rings. The van der Waals surface area contributed by atoms with Crippen LogP contribution >= 0.6 is 0 Å². The molecule has 0 amide bonds. The van der Waals surface area contributed by atoms with E-state index < -0.39 is 0 Å². The van der Waals surface area contributed by atoms with E-state index in [1.165, 1.54) is 11.8 Å². The molecule has 2 aromatic rings. The maximum atomic E-state index is 8.63. The Morgan fingerprint density at radius 3 is 2.15 bits per heavy atom. The molecular weight excluding hydrogens is 248 g/mol. The minimum absolute atomic E-state index is 0.767. The Hall–Kier alpha value is -2.58. The van der Waals surface area contributed by atoms with Gasteiger partial charge in [0, 0.05) is 0 Å². The predicted molar refractivity (Wildman–Crippen MR) is 80.1 cm³/mol. The van der Waals surface area contributed by atoms with Crippen molar-refractivity contribution < 1.29 is 4.79 Å². The minimum Gasteiger partial charge on any atom is -0.361 e. The van der Waals surface area contributed by atoms with Crippen LogP contribution < -0.4 is 0 Å². The first-order chi connectivity index (χ1) is 9.63. The molecule has 2 rings (SSSR count). The van der Waals surface area contributed by atoms with Crippen LogP contribution in [0, 0.1) is 20.8 Å². The average Bonchev–Trinajstić information content (AvgIpc) is 2.44. The van der Waals surface area contributed by atoms with E-state index in [0.29, 0.717) is 0 Å². The monoisotopic (exact) mass is 264 g/mol. The lowest BCUT2D eigenvalue weighted by atomic mass is 10.1. The van der Waals surface area contributed by atoms with Crippen LogP contribution in [0.2, 0.25) is 0 Å². The molecule has 0 N–H and O–H groups in total. The van der Waals surface area contributed by atoms with E-state index in [9.17, 15) is 0 Å². The molecular formula is C16H16N4. The number of benzene rings is 2. The summed E-state index contributed by atoms with van der Waals surface area (Å²) in [6, 6.07) is 11.6. The van der Waals surface area contributed by atoms with E-state index in [-0.39, 0.29) is 0 Å². The third-order valence-corrected chi connectivity index (χ3v) is 3.39. The summed E-state index contributed by atoms with van der Waals surface area (Å²) in [5.74, 6) is 0. The van der Waals surface area contributed by atoms with E-state index in [4.69, 9.17) is 5.53 Å². The van der Waals surface area contributed by atoms with Crippen LogP contribution in [-0.2, 0) is 0 Å². The van der Waals surface area contributed by atoms with Gasteiger partial charge in [-0.15, -0.1) is 0 Å². The van der Waals surface area contributed by atoms with Crippen molar-refractivity contribution in [3.8, 4) is 0 Å². The molecule has 20 heavy (non-hydrogen) atoms. The molecule has 4 heteroatoms. The topological polar surface area (TPSA) is 61.1 Å².